The van der Waals surface area contributed by atoms with Crippen molar-refractivity contribution in [3.05, 3.63) is 35.7 Å². The maximum atomic E-state index is 12.7. The predicted octanol–water partition coefficient (Wildman–Crippen LogP) is 1.94. The van der Waals surface area contributed by atoms with E-state index in [9.17, 15) is 4.79 Å². The van der Waals surface area contributed by atoms with Gasteiger partial charge >= 0.3 is 0 Å². The first-order valence-electron chi connectivity index (χ1n) is 9.79. The summed E-state index contributed by atoms with van der Waals surface area (Å²) < 4.78 is 21.2. The fraction of sp³-hybridized carbons (Fsp3) is 0.550. The summed E-state index contributed by atoms with van der Waals surface area (Å²) >= 11 is 1.31. The Labute approximate surface area is 174 Å². The van der Waals surface area contributed by atoms with E-state index in [1.54, 1.807) is 7.11 Å². The molecule has 1 spiro atoms. The second-order valence-corrected chi connectivity index (χ2v) is 8.10. The Bertz CT molecular complexity index is 843. The third-order valence-electron chi connectivity index (χ3n) is 5.34. The zero-order chi connectivity index (χ0) is 20.3. The fourth-order valence-electron chi connectivity index (χ4n) is 3.69. The van der Waals surface area contributed by atoms with Gasteiger partial charge in [-0.2, -0.15) is 4.37 Å². The van der Waals surface area contributed by atoms with E-state index in [1.807, 2.05) is 41.1 Å². The molecule has 156 valence electrons. The quantitative estimate of drug-likeness (QED) is 0.709. The second kappa shape index (κ2) is 8.64. The number of amides is 1. The van der Waals surface area contributed by atoms with Crippen molar-refractivity contribution >= 4 is 22.6 Å². The van der Waals surface area contributed by atoms with Crippen LogP contribution < -0.4 is 9.64 Å². The van der Waals surface area contributed by atoms with Gasteiger partial charge in [0.05, 0.1) is 26.9 Å². The number of piperidine rings is 1. The first-order chi connectivity index (χ1) is 14.1. The summed E-state index contributed by atoms with van der Waals surface area (Å²) in [6.07, 6.45) is 2.08. The van der Waals surface area contributed by atoms with Crippen LogP contribution in [0.2, 0.25) is 0 Å². The lowest BCUT2D eigenvalue weighted by molar-refractivity contribution is -0.187. The van der Waals surface area contributed by atoms with Gasteiger partial charge in [0.2, 0.25) is 11.0 Å². The van der Waals surface area contributed by atoms with E-state index in [-0.39, 0.29) is 12.5 Å². The molecule has 2 aliphatic rings. The van der Waals surface area contributed by atoms with E-state index in [0.717, 1.165) is 35.1 Å². The summed E-state index contributed by atoms with van der Waals surface area (Å²) in [5.41, 5.74) is 1.09. The van der Waals surface area contributed by atoms with Gasteiger partial charge in [-0.05, 0) is 17.7 Å². The summed E-state index contributed by atoms with van der Waals surface area (Å²) in [5, 5.41) is 0.743. The van der Waals surface area contributed by atoms with E-state index < -0.39 is 5.79 Å². The zero-order valence-electron chi connectivity index (χ0n) is 16.8. The molecule has 0 atom stereocenters. The highest BCUT2D eigenvalue weighted by Gasteiger charge is 2.40. The van der Waals surface area contributed by atoms with Crippen LogP contribution in [0, 0.1) is 0 Å². The van der Waals surface area contributed by atoms with Crippen LogP contribution >= 0.6 is 11.5 Å². The van der Waals surface area contributed by atoms with Crippen LogP contribution in [-0.4, -0.2) is 73.0 Å². The van der Waals surface area contributed by atoms with Crippen molar-refractivity contribution in [3.63, 3.8) is 0 Å². The molecule has 29 heavy (non-hydrogen) atoms. The van der Waals surface area contributed by atoms with Crippen LogP contribution in [-0.2, 0) is 20.7 Å². The minimum atomic E-state index is -0.461. The van der Waals surface area contributed by atoms with E-state index in [0.29, 0.717) is 32.7 Å². The molecule has 4 rings (SSSR count). The molecular weight excluding hydrogens is 392 g/mol. The SMILES string of the molecule is COc1cccc(Cc2nsc(N(C)CC(=O)N3CCC4(CC3)OCCO4)n2)c1. The molecular formula is C20H26N4O4S. The van der Waals surface area contributed by atoms with Crippen LogP contribution in [0.3, 0.4) is 0 Å². The number of hydrogen-bond acceptors (Lipinski definition) is 8. The molecule has 0 aliphatic carbocycles. The Balaban J connectivity index is 1.30. The minimum Gasteiger partial charge on any atom is -0.497 e. The molecule has 0 unspecified atom stereocenters. The van der Waals surface area contributed by atoms with Crippen molar-refractivity contribution in [1.29, 1.82) is 0 Å². The summed E-state index contributed by atoms with van der Waals surface area (Å²) in [4.78, 5) is 21.0. The molecule has 2 saturated heterocycles. The minimum absolute atomic E-state index is 0.0879. The number of carbonyl (C=O) groups excluding carboxylic acids is 1. The van der Waals surface area contributed by atoms with Crippen molar-refractivity contribution in [2.24, 2.45) is 0 Å². The van der Waals surface area contributed by atoms with Crippen LogP contribution in [0.4, 0.5) is 5.13 Å². The van der Waals surface area contributed by atoms with Gasteiger partial charge < -0.3 is 24.0 Å². The van der Waals surface area contributed by atoms with Gasteiger partial charge in [-0.15, -0.1) is 0 Å². The zero-order valence-corrected chi connectivity index (χ0v) is 17.6. The molecule has 8 nitrogen and oxygen atoms in total. The van der Waals surface area contributed by atoms with Crippen LogP contribution in [0.1, 0.15) is 24.2 Å². The first kappa shape index (κ1) is 20.1. The van der Waals surface area contributed by atoms with Gasteiger partial charge in [-0.1, -0.05) is 12.1 Å². The molecule has 2 aliphatic heterocycles. The number of nitrogens with zero attached hydrogens (tertiary/aromatic N) is 4. The Hall–Kier alpha value is -2.23. The average Bonchev–Trinajstić information content (AvgIpc) is 3.39. The second-order valence-electron chi connectivity index (χ2n) is 7.37. The van der Waals surface area contributed by atoms with E-state index in [1.165, 1.54) is 11.5 Å². The highest BCUT2D eigenvalue weighted by molar-refractivity contribution is 7.09. The molecule has 0 N–H and O–H groups in total. The largest absolute Gasteiger partial charge is 0.497 e. The monoisotopic (exact) mass is 418 g/mol. The third-order valence-corrected chi connectivity index (χ3v) is 6.21. The number of carbonyl (C=O) groups is 1. The average molecular weight is 419 g/mol. The Morgan fingerprint density at radius 2 is 2.07 bits per heavy atom. The van der Waals surface area contributed by atoms with Gasteiger partial charge in [0.1, 0.15) is 11.6 Å². The normalized spacial score (nSPS) is 18.2. The van der Waals surface area contributed by atoms with Crippen molar-refractivity contribution in [2.45, 2.75) is 25.0 Å². The van der Waals surface area contributed by atoms with Crippen molar-refractivity contribution in [1.82, 2.24) is 14.3 Å². The molecule has 2 aromatic rings. The summed E-state index contributed by atoms with van der Waals surface area (Å²) in [6.45, 7) is 2.88. The molecule has 3 heterocycles. The Morgan fingerprint density at radius 1 is 1.31 bits per heavy atom. The van der Waals surface area contributed by atoms with Gasteiger partial charge in [-0.25, -0.2) is 4.98 Å². The lowest BCUT2D eigenvalue weighted by Crippen LogP contribution is -2.49. The van der Waals surface area contributed by atoms with Gasteiger partial charge in [0.15, 0.2) is 5.79 Å². The van der Waals surface area contributed by atoms with Gasteiger partial charge in [0, 0.05) is 50.9 Å². The van der Waals surface area contributed by atoms with Crippen LogP contribution in [0.25, 0.3) is 0 Å². The molecule has 1 aromatic carbocycles. The molecule has 0 bridgehead atoms. The van der Waals surface area contributed by atoms with Crippen molar-refractivity contribution in [2.75, 3.05) is 51.9 Å². The lowest BCUT2D eigenvalue weighted by atomic mass is 10.0. The standard InChI is InChI=1S/C20H26N4O4S/c1-23(14-18(25)24-8-6-20(7-9-24)27-10-11-28-20)19-21-17(22-29-19)13-15-4-3-5-16(12-15)26-2/h3-5,12H,6-11,13-14H2,1-2H3. The smallest absolute Gasteiger partial charge is 0.242 e. The molecule has 0 saturated carbocycles. The van der Waals surface area contributed by atoms with Gasteiger partial charge in [0.25, 0.3) is 0 Å². The highest BCUT2D eigenvalue weighted by Crippen LogP contribution is 2.31. The molecule has 1 amide bonds. The number of benzene rings is 1. The molecule has 0 radical (unpaired) electrons. The van der Waals surface area contributed by atoms with Crippen molar-refractivity contribution in [3.8, 4) is 5.75 Å². The number of rotatable bonds is 6. The van der Waals surface area contributed by atoms with E-state index >= 15 is 0 Å². The molecule has 1 aromatic heterocycles. The Morgan fingerprint density at radius 3 is 2.79 bits per heavy atom. The lowest BCUT2D eigenvalue weighted by Gasteiger charge is -2.38. The number of ether oxygens (including phenoxy) is 3. The van der Waals surface area contributed by atoms with E-state index in [2.05, 4.69) is 9.36 Å². The maximum absolute atomic E-state index is 12.7. The number of likely N-dealkylation sites (tertiary alicyclic amines) is 1. The topological polar surface area (TPSA) is 77.0 Å². The number of aromatic nitrogens is 2. The summed E-state index contributed by atoms with van der Waals surface area (Å²) in [5.74, 6) is 1.19. The number of methoxy groups -OCH3 is 1. The maximum Gasteiger partial charge on any atom is 0.242 e. The van der Waals surface area contributed by atoms with E-state index in [4.69, 9.17) is 14.2 Å². The predicted molar refractivity (Wildman–Crippen MR) is 109 cm³/mol. The Kier molecular flexibility index (Phi) is 5.98. The van der Waals surface area contributed by atoms with Gasteiger partial charge in [-0.3, -0.25) is 4.79 Å². The number of anilines is 1. The number of hydrogen-bond donors (Lipinski definition) is 0. The summed E-state index contributed by atoms with van der Waals surface area (Å²) in [6, 6.07) is 7.87. The summed E-state index contributed by atoms with van der Waals surface area (Å²) in [7, 11) is 3.53. The van der Waals surface area contributed by atoms with Crippen LogP contribution in [0.15, 0.2) is 24.3 Å². The molecule has 9 heteroatoms. The highest BCUT2D eigenvalue weighted by atomic mass is 32.1. The van der Waals surface area contributed by atoms with Crippen LogP contribution in [0.5, 0.6) is 5.75 Å². The number of likely N-dealkylation sites (N-methyl/N-ethyl adjacent to an activating group) is 1. The molecule has 2 fully saturated rings. The fourth-order valence-corrected chi connectivity index (χ4v) is 4.33. The first-order valence-corrected chi connectivity index (χ1v) is 10.6. The third kappa shape index (κ3) is 4.68. The van der Waals surface area contributed by atoms with Crippen molar-refractivity contribution < 1.29 is 19.0 Å².